The summed E-state index contributed by atoms with van der Waals surface area (Å²) in [6.07, 6.45) is 2.22. The van der Waals surface area contributed by atoms with Crippen LogP contribution in [0.15, 0.2) is 48.5 Å². The number of carbonyl (C=O) groups is 2. The molecule has 0 aliphatic carbocycles. The molecule has 0 spiro atoms. The number of hydrogen-bond donors (Lipinski definition) is 1. The Bertz CT molecular complexity index is 1060. The van der Waals surface area contributed by atoms with E-state index in [4.69, 9.17) is 23.2 Å². The number of nitrogens with one attached hydrogen (secondary N) is 1. The van der Waals surface area contributed by atoms with Crippen molar-refractivity contribution in [1.29, 1.82) is 0 Å². The van der Waals surface area contributed by atoms with E-state index in [1.807, 2.05) is 6.92 Å². The number of hydrogen-bond acceptors (Lipinski definition) is 4. The number of sulfonamides is 1. The fourth-order valence-corrected chi connectivity index (χ4v) is 4.91. The van der Waals surface area contributed by atoms with Crippen molar-refractivity contribution in [3.63, 3.8) is 0 Å². The molecule has 186 valence electrons. The van der Waals surface area contributed by atoms with Crippen molar-refractivity contribution in [2.75, 3.05) is 23.7 Å². The third kappa shape index (κ3) is 7.89. The zero-order valence-corrected chi connectivity index (χ0v) is 22.0. The maximum Gasteiger partial charge on any atom is 0.242 e. The minimum Gasteiger partial charge on any atom is -0.354 e. The average Bonchev–Trinajstić information content (AvgIpc) is 2.79. The molecule has 0 radical (unpaired) electrons. The maximum absolute atomic E-state index is 13.2. The molecule has 1 N–H and O–H groups in total. The van der Waals surface area contributed by atoms with Gasteiger partial charge >= 0.3 is 0 Å². The molecule has 0 unspecified atom stereocenters. The molecule has 2 aromatic carbocycles. The Balaban J connectivity index is 2.19. The summed E-state index contributed by atoms with van der Waals surface area (Å²) in [6, 6.07) is 13.0. The first-order chi connectivity index (χ1) is 16.1. The predicted octanol–water partition coefficient (Wildman–Crippen LogP) is 4.48. The van der Waals surface area contributed by atoms with E-state index in [0.717, 1.165) is 12.7 Å². The lowest BCUT2D eigenvalue weighted by Crippen LogP contribution is -2.48. The Labute approximate surface area is 212 Å². The fraction of sp³-hybridized carbons (Fsp3) is 0.417. The molecular formula is C24H31Cl2N3O4S. The lowest BCUT2D eigenvalue weighted by Gasteiger charge is -2.30. The van der Waals surface area contributed by atoms with Gasteiger partial charge < -0.3 is 10.2 Å². The number of benzene rings is 2. The van der Waals surface area contributed by atoms with Crippen LogP contribution < -0.4 is 9.62 Å². The van der Waals surface area contributed by atoms with Crippen LogP contribution in [0.1, 0.15) is 38.7 Å². The number of anilines is 1. The molecule has 1 atom stereocenters. The zero-order valence-electron chi connectivity index (χ0n) is 19.6. The van der Waals surface area contributed by atoms with Gasteiger partial charge in [-0.3, -0.25) is 13.9 Å². The van der Waals surface area contributed by atoms with E-state index in [-0.39, 0.29) is 37.7 Å². The predicted molar refractivity (Wildman–Crippen MR) is 138 cm³/mol. The van der Waals surface area contributed by atoms with Crippen LogP contribution in [-0.4, -0.2) is 50.5 Å². The molecule has 0 saturated carbocycles. The maximum atomic E-state index is 13.2. The van der Waals surface area contributed by atoms with Crippen molar-refractivity contribution in [3.05, 3.63) is 64.1 Å². The SMILES string of the molecule is CCCNC(=O)[C@H](C)N(Cc1c(Cl)cccc1Cl)C(=O)CCCN(c1ccccc1)S(C)(=O)=O. The molecule has 10 heteroatoms. The molecule has 7 nitrogen and oxygen atoms in total. The quantitative estimate of drug-likeness (QED) is 0.440. The second-order valence-corrected chi connectivity index (χ2v) is 10.7. The van der Waals surface area contributed by atoms with Gasteiger partial charge in [0.25, 0.3) is 0 Å². The van der Waals surface area contributed by atoms with Gasteiger partial charge in [0.1, 0.15) is 6.04 Å². The smallest absolute Gasteiger partial charge is 0.242 e. The van der Waals surface area contributed by atoms with Crippen LogP contribution in [0.2, 0.25) is 10.0 Å². The number of amides is 2. The first-order valence-electron chi connectivity index (χ1n) is 11.1. The van der Waals surface area contributed by atoms with Crippen molar-refractivity contribution in [2.45, 2.75) is 45.7 Å². The van der Waals surface area contributed by atoms with Gasteiger partial charge in [0, 0.05) is 41.7 Å². The zero-order chi connectivity index (χ0) is 25.3. The van der Waals surface area contributed by atoms with Crippen molar-refractivity contribution < 1.29 is 18.0 Å². The average molecular weight is 529 g/mol. The van der Waals surface area contributed by atoms with Gasteiger partial charge in [0.2, 0.25) is 21.8 Å². The Morgan fingerprint density at radius 3 is 2.21 bits per heavy atom. The molecule has 2 aromatic rings. The van der Waals surface area contributed by atoms with Gasteiger partial charge in [-0.1, -0.05) is 54.4 Å². The number of carbonyl (C=O) groups excluding carboxylic acids is 2. The number of halogens is 2. The molecule has 2 rings (SSSR count). The van der Waals surface area contributed by atoms with Crippen LogP contribution in [0.3, 0.4) is 0 Å². The van der Waals surface area contributed by atoms with Gasteiger partial charge in [0.05, 0.1) is 11.9 Å². The molecule has 0 aliphatic rings. The highest BCUT2D eigenvalue weighted by atomic mass is 35.5. The van der Waals surface area contributed by atoms with Gasteiger partial charge in [0.15, 0.2) is 0 Å². The van der Waals surface area contributed by atoms with E-state index in [1.54, 1.807) is 55.5 Å². The standard InChI is InChI=1S/C24H31Cl2N3O4S/c1-4-15-27-24(31)18(2)28(17-20-21(25)12-8-13-22(20)26)23(30)14-9-16-29(34(3,32)33)19-10-6-5-7-11-19/h5-8,10-13,18H,4,9,14-17H2,1-3H3,(H,27,31)/t18-/m0/s1. The van der Waals surface area contributed by atoms with Gasteiger partial charge in [-0.15, -0.1) is 0 Å². The lowest BCUT2D eigenvalue weighted by atomic mass is 10.1. The molecule has 34 heavy (non-hydrogen) atoms. The number of rotatable bonds is 12. The summed E-state index contributed by atoms with van der Waals surface area (Å²) >= 11 is 12.6. The highest BCUT2D eigenvalue weighted by molar-refractivity contribution is 7.92. The monoisotopic (exact) mass is 527 g/mol. The lowest BCUT2D eigenvalue weighted by molar-refractivity contribution is -0.140. The van der Waals surface area contributed by atoms with Crippen LogP contribution in [0.5, 0.6) is 0 Å². The largest absolute Gasteiger partial charge is 0.354 e. The van der Waals surface area contributed by atoms with Crippen LogP contribution in [-0.2, 0) is 26.2 Å². The highest BCUT2D eigenvalue weighted by Gasteiger charge is 2.27. The fourth-order valence-electron chi connectivity index (χ4n) is 3.43. The summed E-state index contributed by atoms with van der Waals surface area (Å²) in [5, 5.41) is 3.62. The Morgan fingerprint density at radius 1 is 1.03 bits per heavy atom. The summed E-state index contributed by atoms with van der Waals surface area (Å²) in [6.45, 7) is 4.29. The van der Waals surface area contributed by atoms with Crippen LogP contribution >= 0.6 is 23.2 Å². The summed E-state index contributed by atoms with van der Waals surface area (Å²) in [7, 11) is -3.53. The number of para-hydroxylation sites is 1. The van der Waals surface area contributed by atoms with Crippen LogP contribution in [0, 0.1) is 0 Å². The molecule has 2 amide bonds. The number of nitrogens with zero attached hydrogens (tertiary/aromatic N) is 2. The van der Waals surface area contributed by atoms with Crippen molar-refractivity contribution in [2.24, 2.45) is 0 Å². The normalized spacial score (nSPS) is 12.1. The van der Waals surface area contributed by atoms with Crippen molar-refractivity contribution in [1.82, 2.24) is 10.2 Å². The highest BCUT2D eigenvalue weighted by Crippen LogP contribution is 2.27. The minimum absolute atomic E-state index is 0.0479. The van der Waals surface area contributed by atoms with Gasteiger partial charge in [-0.05, 0) is 44.0 Å². The molecule has 0 aliphatic heterocycles. The Kier molecular flexibility index (Phi) is 10.7. The van der Waals surface area contributed by atoms with Gasteiger partial charge in [-0.25, -0.2) is 8.42 Å². The molecule has 0 bridgehead atoms. The van der Waals surface area contributed by atoms with Crippen LogP contribution in [0.25, 0.3) is 0 Å². The summed E-state index contributed by atoms with van der Waals surface area (Å²) in [5.41, 5.74) is 1.08. The first-order valence-corrected chi connectivity index (χ1v) is 13.7. The van der Waals surface area contributed by atoms with Crippen LogP contribution in [0.4, 0.5) is 5.69 Å². The van der Waals surface area contributed by atoms with Crippen molar-refractivity contribution >= 4 is 50.7 Å². The first kappa shape index (κ1) is 28.0. The van der Waals surface area contributed by atoms with Gasteiger partial charge in [-0.2, -0.15) is 0 Å². The molecule has 0 fully saturated rings. The topological polar surface area (TPSA) is 86.8 Å². The van der Waals surface area contributed by atoms with E-state index in [9.17, 15) is 18.0 Å². The Hall–Kier alpha value is -2.29. The van der Waals surface area contributed by atoms with E-state index in [0.29, 0.717) is 27.8 Å². The van der Waals surface area contributed by atoms with Crippen molar-refractivity contribution in [3.8, 4) is 0 Å². The third-order valence-electron chi connectivity index (χ3n) is 5.30. The summed E-state index contributed by atoms with van der Waals surface area (Å²) < 4.78 is 25.9. The second-order valence-electron chi connectivity index (χ2n) is 7.96. The third-order valence-corrected chi connectivity index (χ3v) is 7.21. The van der Waals surface area contributed by atoms with E-state index >= 15 is 0 Å². The Morgan fingerprint density at radius 2 is 1.65 bits per heavy atom. The minimum atomic E-state index is -3.53. The van der Waals surface area contributed by atoms with E-state index < -0.39 is 16.1 Å². The molecule has 0 saturated heterocycles. The summed E-state index contributed by atoms with van der Waals surface area (Å²) in [5.74, 6) is -0.572. The summed E-state index contributed by atoms with van der Waals surface area (Å²) in [4.78, 5) is 27.3. The molecular weight excluding hydrogens is 497 g/mol. The molecule has 0 aromatic heterocycles. The molecule has 0 heterocycles. The second kappa shape index (κ2) is 13.0. The van der Waals surface area contributed by atoms with E-state index in [1.165, 1.54) is 9.21 Å². The van der Waals surface area contributed by atoms with E-state index in [2.05, 4.69) is 5.32 Å².